The van der Waals surface area contributed by atoms with Crippen molar-refractivity contribution in [2.24, 2.45) is 5.73 Å². The molecule has 2 heterocycles. The van der Waals surface area contributed by atoms with E-state index < -0.39 is 6.04 Å². The lowest BCUT2D eigenvalue weighted by atomic mass is 10.1. The summed E-state index contributed by atoms with van der Waals surface area (Å²) in [6.07, 6.45) is 2.40. The van der Waals surface area contributed by atoms with Crippen LogP contribution in [0.3, 0.4) is 0 Å². The van der Waals surface area contributed by atoms with Crippen LogP contribution in [-0.2, 0) is 9.59 Å². The maximum absolute atomic E-state index is 12.0. The minimum atomic E-state index is -0.608. The number of piperidine rings is 1. The molecule has 0 radical (unpaired) electrons. The second kappa shape index (κ2) is 5.31. The Hall–Kier alpha value is -2.18. The molecular formula is C15H18N4O2. The van der Waals surface area contributed by atoms with Crippen molar-refractivity contribution in [1.29, 1.82) is 0 Å². The quantitative estimate of drug-likeness (QED) is 0.829. The van der Waals surface area contributed by atoms with Crippen molar-refractivity contribution in [2.75, 3.05) is 0 Å². The first-order valence-electron chi connectivity index (χ1n) is 7.02. The van der Waals surface area contributed by atoms with Gasteiger partial charge >= 0.3 is 0 Å². The average molecular weight is 286 g/mol. The lowest BCUT2D eigenvalue weighted by Gasteiger charge is -2.31. The van der Waals surface area contributed by atoms with Gasteiger partial charge in [-0.1, -0.05) is 18.2 Å². The number of benzene rings is 1. The first-order chi connectivity index (χ1) is 10.1. The number of carbonyl (C=O) groups excluding carboxylic acids is 2. The summed E-state index contributed by atoms with van der Waals surface area (Å²) in [6, 6.07) is 9.34. The summed E-state index contributed by atoms with van der Waals surface area (Å²) in [5.41, 5.74) is 9.73. The van der Waals surface area contributed by atoms with E-state index in [-0.39, 0.29) is 18.0 Å². The molecule has 1 fully saturated rings. The van der Waals surface area contributed by atoms with E-state index in [1.54, 1.807) is 0 Å². The van der Waals surface area contributed by atoms with Gasteiger partial charge in [0.1, 0.15) is 0 Å². The number of rotatable bonds is 3. The standard InChI is InChI=1S/C15H18N4O2/c1-10(17-19-14(20)7-6-12(16)15(19)21)18-9-8-11-4-2-3-5-13(11)18/h2-5,8-10,12,17H,6-7,16H2,1H3. The maximum atomic E-state index is 12.0. The molecule has 6 heteroatoms. The van der Waals surface area contributed by atoms with Crippen molar-refractivity contribution < 1.29 is 9.59 Å². The molecule has 2 atom stereocenters. The fourth-order valence-electron chi connectivity index (χ4n) is 2.63. The van der Waals surface area contributed by atoms with E-state index in [0.29, 0.717) is 12.8 Å². The molecule has 1 aromatic carbocycles. The number of aromatic nitrogens is 1. The molecule has 0 saturated carbocycles. The molecule has 3 N–H and O–H groups in total. The van der Waals surface area contributed by atoms with Gasteiger partial charge in [-0.3, -0.25) is 9.59 Å². The Morgan fingerprint density at radius 3 is 2.86 bits per heavy atom. The van der Waals surface area contributed by atoms with Crippen molar-refractivity contribution in [2.45, 2.75) is 32.0 Å². The molecule has 1 aromatic heterocycles. The van der Waals surface area contributed by atoms with Gasteiger partial charge in [0.05, 0.1) is 12.2 Å². The van der Waals surface area contributed by atoms with Crippen molar-refractivity contribution in [3.63, 3.8) is 0 Å². The molecule has 3 rings (SSSR count). The SMILES string of the molecule is CC(NN1C(=O)CCC(N)C1=O)n1ccc2ccccc21. The molecule has 1 saturated heterocycles. The van der Waals surface area contributed by atoms with Gasteiger partial charge in [-0.15, -0.1) is 0 Å². The number of nitrogens with two attached hydrogens (primary N) is 1. The minimum Gasteiger partial charge on any atom is -0.330 e. The zero-order chi connectivity index (χ0) is 15.0. The molecular weight excluding hydrogens is 268 g/mol. The third-order valence-corrected chi connectivity index (χ3v) is 3.82. The summed E-state index contributed by atoms with van der Waals surface area (Å²) < 4.78 is 1.98. The van der Waals surface area contributed by atoms with Crippen LogP contribution in [0.4, 0.5) is 0 Å². The highest BCUT2D eigenvalue weighted by molar-refractivity contribution is 5.99. The van der Waals surface area contributed by atoms with Gasteiger partial charge in [-0.2, -0.15) is 0 Å². The predicted molar refractivity (Wildman–Crippen MR) is 78.8 cm³/mol. The van der Waals surface area contributed by atoms with Crippen LogP contribution in [0.2, 0.25) is 0 Å². The summed E-state index contributed by atoms with van der Waals surface area (Å²) >= 11 is 0. The topological polar surface area (TPSA) is 80.4 Å². The Labute approximate surface area is 122 Å². The molecule has 0 bridgehead atoms. The van der Waals surface area contributed by atoms with Crippen molar-refractivity contribution in [3.8, 4) is 0 Å². The second-order valence-electron chi connectivity index (χ2n) is 5.30. The lowest BCUT2D eigenvalue weighted by molar-refractivity contribution is -0.154. The van der Waals surface area contributed by atoms with Crippen LogP contribution in [0.15, 0.2) is 36.5 Å². The normalized spacial score (nSPS) is 21.0. The van der Waals surface area contributed by atoms with Crippen molar-refractivity contribution in [1.82, 2.24) is 15.0 Å². The minimum absolute atomic E-state index is 0.231. The highest BCUT2D eigenvalue weighted by Crippen LogP contribution is 2.19. The van der Waals surface area contributed by atoms with Gasteiger partial charge in [-0.05, 0) is 30.9 Å². The summed E-state index contributed by atoms with van der Waals surface area (Å²) in [4.78, 5) is 23.9. The maximum Gasteiger partial charge on any atom is 0.260 e. The predicted octanol–water partition coefficient (Wildman–Crippen LogP) is 1.14. The summed E-state index contributed by atoms with van der Waals surface area (Å²) in [6.45, 7) is 1.90. The number of fused-ring (bicyclic) bond motifs is 1. The molecule has 2 amide bonds. The van der Waals surface area contributed by atoms with Crippen LogP contribution in [0.25, 0.3) is 10.9 Å². The highest BCUT2D eigenvalue weighted by atomic mass is 16.2. The van der Waals surface area contributed by atoms with Crippen LogP contribution in [0, 0.1) is 0 Å². The van der Waals surface area contributed by atoms with E-state index in [4.69, 9.17) is 5.73 Å². The second-order valence-corrected chi connectivity index (χ2v) is 5.30. The number of nitrogens with zero attached hydrogens (tertiary/aromatic N) is 2. The number of imide groups is 1. The van der Waals surface area contributed by atoms with E-state index in [1.165, 1.54) is 0 Å². The first kappa shape index (κ1) is 13.8. The Bertz CT molecular complexity index is 694. The molecule has 21 heavy (non-hydrogen) atoms. The van der Waals surface area contributed by atoms with E-state index in [1.807, 2.05) is 48.0 Å². The van der Waals surface area contributed by atoms with Crippen LogP contribution in [-0.4, -0.2) is 27.4 Å². The summed E-state index contributed by atoms with van der Waals surface area (Å²) in [7, 11) is 0. The third kappa shape index (κ3) is 2.43. The Balaban J connectivity index is 1.84. The van der Waals surface area contributed by atoms with E-state index in [9.17, 15) is 9.59 Å². The largest absolute Gasteiger partial charge is 0.330 e. The molecule has 0 aliphatic carbocycles. The van der Waals surface area contributed by atoms with E-state index in [2.05, 4.69) is 5.43 Å². The summed E-state index contributed by atoms with van der Waals surface area (Å²) in [5, 5.41) is 2.17. The lowest BCUT2D eigenvalue weighted by Crippen LogP contribution is -2.57. The first-order valence-corrected chi connectivity index (χ1v) is 7.02. The Morgan fingerprint density at radius 1 is 1.29 bits per heavy atom. The zero-order valence-electron chi connectivity index (χ0n) is 11.8. The number of hydrogen-bond donors (Lipinski definition) is 2. The molecule has 110 valence electrons. The Kier molecular flexibility index (Phi) is 3.48. The van der Waals surface area contributed by atoms with E-state index >= 15 is 0 Å². The van der Waals surface area contributed by atoms with Gasteiger partial charge in [0, 0.05) is 18.1 Å². The molecule has 2 aromatic rings. The van der Waals surface area contributed by atoms with Gasteiger partial charge in [0.15, 0.2) is 0 Å². The van der Waals surface area contributed by atoms with Crippen molar-refractivity contribution in [3.05, 3.63) is 36.5 Å². The average Bonchev–Trinajstić information content (AvgIpc) is 2.91. The summed E-state index contributed by atoms with van der Waals surface area (Å²) in [5.74, 6) is -0.598. The molecule has 0 spiro atoms. The van der Waals surface area contributed by atoms with Gasteiger partial charge in [-0.25, -0.2) is 10.4 Å². The molecule has 6 nitrogen and oxygen atoms in total. The molecule has 1 aliphatic heterocycles. The van der Waals surface area contributed by atoms with Gasteiger partial charge < -0.3 is 10.3 Å². The fraction of sp³-hybridized carbons (Fsp3) is 0.333. The zero-order valence-corrected chi connectivity index (χ0v) is 11.8. The number of amides is 2. The van der Waals surface area contributed by atoms with Crippen LogP contribution in [0.5, 0.6) is 0 Å². The number of carbonyl (C=O) groups is 2. The van der Waals surface area contributed by atoms with Gasteiger partial charge in [0.2, 0.25) is 5.91 Å². The smallest absolute Gasteiger partial charge is 0.260 e. The van der Waals surface area contributed by atoms with Crippen LogP contribution in [0.1, 0.15) is 25.9 Å². The third-order valence-electron chi connectivity index (χ3n) is 3.82. The molecule has 1 aliphatic rings. The monoisotopic (exact) mass is 286 g/mol. The fourth-order valence-corrected chi connectivity index (χ4v) is 2.63. The van der Waals surface area contributed by atoms with Crippen LogP contribution >= 0.6 is 0 Å². The Morgan fingerprint density at radius 2 is 2.05 bits per heavy atom. The number of hydrazine groups is 1. The number of para-hydroxylation sites is 1. The van der Waals surface area contributed by atoms with E-state index in [0.717, 1.165) is 15.9 Å². The highest BCUT2D eigenvalue weighted by Gasteiger charge is 2.33. The van der Waals surface area contributed by atoms with Gasteiger partial charge in [0.25, 0.3) is 5.91 Å². The van der Waals surface area contributed by atoms with Crippen molar-refractivity contribution >= 4 is 22.7 Å². The number of nitrogens with one attached hydrogen (secondary N) is 1. The number of hydrogen-bond acceptors (Lipinski definition) is 4. The molecule has 2 unspecified atom stereocenters. The van der Waals surface area contributed by atoms with Crippen LogP contribution < -0.4 is 11.2 Å².